The van der Waals surface area contributed by atoms with E-state index in [1.165, 1.54) is 11.3 Å². The van der Waals surface area contributed by atoms with Crippen molar-refractivity contribution in [3.8, 4) is 0 Å². The third kappa shape index (κ3) is 3.12. The quantitative estimate of drug-likeness (QED) is 0.891. The summed E-state index contributed by atoms with van der Waals surface area (Å²) in [6.07, 6.45) is 2.64. The first-order chi connectivity index (χ1) is 12.6. The maximum Gasteiger partial charge on any atom is 0.269 e. The van der Waals surface area contributed by atoms with Crippen LogP contribution in [0.4, 0.5) is 0 Å². The van der Waals surface area contributed by atoms with Crippen molar-refractivity contribution in [3.63, 3.8) is 0 Å². The van der Waals surface area contributed by atoms with E-state index in [4.69, 9.17) is 9.25 Å². The van der Waals surface area contributed by atoms with Gasteiger partial charge in [0.15, 0.2) is 5.60 Å². The predicted octanol–water partition coefficient (Wildman–Crippen LogP) is 2.33. The molecule has 4 heterocycles. The van der Waals surface area contributed by atoms with Crippen molar-refractivity contribution in [3.05, 3.63) is 46.0 Å². The minimum atomic E-state index is -0.585. The fourth-order valence-electron chi connectivity index (χ4n) is 3.30. The summed E-state index contributed by atoms with van der Waals surface area (Å²) in [6.45, 7) is 3.29. The molecule has 0 saturated carbocycles. The van der Waals surface area contributed by atoms with Crippen LogP contribution in [0.15, 0.2) is 39.4 Å². The Morgan fingerprint density at radius 2 is 2.31 bits per heavy atom. The van der Waals surface area contributed by atoms with Gasteiger partial charge in [0.2, 0.25) is 0 Å². The van der Waals surface area contributed by atoms with E-state index in [1.807, 2.05) is 18.4 Å². The van der Waals surface area contributed by atoms with Gasteiger partial charge in [-0.1, -0.05) is 5.16 Å². The van der Waals surface area contributed by atoms with Crippen LogP contribution in [0.3, 0.4) is 0 Å². The van der Waals surface area contributed by atoms with Gasteiger partial charge in [0, 0.05) is 19.4 Å². The van der Waals surface area contributed by atoms with Crippen molar-refractivity contribution in [1.82, 2.24) is 10.2 Å². The molecule has 2 amide bonds. The first-order valence-corrected chi connectivity index (χ1v) is 9.33. The molecule has 0 aromatic carbocycles. The second-order valence-electron chi connectivity index (χ2n) is 6.66. The number of nitrogens with one attached hydrogen (secondary N) is 1. The molecule has 1 fully saturated rings. The van der Waals surface area contributed by atoms with Gasteiger partial charge in [-0.25, -0.2) is 0 Å². The molecule has 4 rings (SSSR count). The average Bonchev–Trinajstić information content (AvgIpc) is 3.42. The summed E-state index contributed by atoms with van der Waals surface area (Å²) in [4.78, 5) is 33.1. The van der Waals surface area contributed by atoms with E-state index < -0.39 is 5.60 Å². The first-order valence-electron chi connectivity index (χ1n) is 8.45. The molecular formula is C18H19N3O4S. The van der Waals surface area contributed by atoms with Crippen LogP contribution in [0.25, 0.3) is 0 Å². The van der Waals surface area contributed by atoms with Crippen molar-refractivity contribution in [2.75, 3.05) is 13.1 Å². The van der Waals surface area contributed by atoms with E-state index in [1.54, 1.807) is 23.3 Å². The van der Waals surface area contributed by atoms with Crippen molar-refractivity contribution in [2.24, 2.45) is 5.16 Å². The maximum absolute atomic E-state index is 12.7. The van der Waals surface area contributed by atoms with Crippen LogP contribution >= 0.6 is 11.3 Å². The molecule has 2 aliphatic rings. The lowest BCUT2D eigenvalue weighted by Crippen LogP contribution is -2.38. The lowest BCUT2D eigenvalue weighted by Gasteiger charge is -2.21. The Kier molecular flexibility index (Phi) is 4.28. The lowest BCUT2D eigenvalue weighted by atomic mass is 9.96. The van der Waals surface area contributed by atoms with E-state index in [2.05, 4.69) is 10.5 Å². The standard InChI is InChI=1S/C18H19N3O4S/c1-12-4-8-26-15(12)17(23)21-6-5-18(11-21)9-14(20-25-18)16(22)19-10-13-3-2-7-24-13/h2-4,7-8H,5-6,9-11H2,1H3,(H,19,22). The summed E-state index contributed by atoms with van der Waals surface area (Å²) in [5.74, 6) is 0.433. The van der Waals surface area contributed by atoms with Crippen molar-refractivity contribution < 1.29 is 18.8 Å². The number of carbonyl (C=O) groups is 2. The highest BCUT2D eigenvalue weighted by molar-refractivity contribution is 7.12. The Bertz CT molecular complexity index is 858. The monoisotopic (exact) mass is 373 g/mol. The van der Waals surface area contributed by atoms with E-state index in [0.29, 0.717) is 43.9 Å². The number of hydrogen-bond acceptors (Lipinski definition) is 6. The number of aryl methyl sites for hydroxylation is 1. The van der Waals surface area contributed by atoms with Crippen LogP contribution in [-0.4, -0.2) is 41.1 Å². The smallest absolute Gasteiger partial charge is 0.269 e. The Morgan fingerprint density at radius 1 is 1.42 bits per heavy atom. The summed E-state index contributed by atoms with van der Waals surface area (Å²) in [5, 5.41) is 8.68. The highest BCUT2D eigenvalue weighted by Crippen LogP contribution is 2.35. The summed E-state index contributed by atoms with van der Waals surface area (Å²) >= 11 is 1.45. The van der Waals surface area contributed by atoms with Gasteiger partial charge in [0.25, 0.3) is 11.8 Å². The molecule has 26 heavy (non-hydrogen) atoms. The number of nitrogens with zero attached hydrogens (tertiary/aromatic N) is 2. The summed E-state index contributed by atoms with van der Waals surface area (Å²) < 4.78 is 5.20. The Balaban J connectivity index is 1.35. The molecule has 1 spiro atoms. The molecule has 0 radical (unpaired) electrons. The van der Waals surface area contributed by atoms with Crippen molar-refractivity contribution >= 4 is 28.9 Å². The van der Waals surface area contributed by atoms with E-state index in [0.717, 1.165) is 10.4 Å². The number of amides is 2. The SMILES string of the molecule is Cc1ccsc1C(=O)N1CCC2(CC(C(=O)NCc3ccco3)=NO2)C1. The molecule has 7 nitrogen and oxygen atoms in total. The van der Waals surface area contributed by atoms with Crippen LogP contribution in [0.5, 0.6) is 0 Å². The Morgan fingerprint density at radius 3 is 3.04 bits per heavy atom. The molecule has 0 bridgehead atoms. The number of rotatable bonds is 4. The third-order valence-corrected chi connectivity index (χ3v) is 5.77. The van der Waals surface area contributed by atoms with Gasteiger partial charge in [-0.05, 0) is 36.1 Å². The van der Waals surface area contributed by atoms with Crippen LogP contribution in [0.2, 0.25) is 0 Å². The highest BCUT2D eigenvalue weighted by atomic mass is 32.1. The topological polar surface area (TPSA) is 84.1 Å². The van der Waals surface area contributed by atoms with Gasteiger partial charge in [-0.3, -0.25) is 9.59 Å². The predicted molar refractivity (Wildman–Crippen MR) is 96.0 cm³/mol. The zero-order valence-electron chi connectivity index (χ0n) is 14.4. The Hall–Kier alpha value is -2.61. The Labute approximate surface area is 154 Å². The van der Waals surface area contributed by atoms with Gasteiger partial charge < -0.3 is 19.5 Å². The summed E-state index contributed by atoms with van der Waals surface area (Å²) in [6, 6.07) is 5.51. The molecule has 1 unspecified atom stereocenters. The zero-order valence-corrected chi connectivity index (χ0v) is 15.2. The molecule has 8 heteroatoms. The fourth-order valence-corrected chi connectivity index (χ4v) is 4.19. The molecular weight excluding hydrogens is 354 g/mol. The second-order valence-corrected chi connectivity index (χ2v) is 7.58. The van der Waals surface area contributed by atoms with E-state index >= 15 is 0 Å². The average molecular weight is 373 g/mol. The summed E-state index contributed by atoms with van der Waals surface area (Å²) in [7, 11) is 0. The molecule has 2 aliphatic heterocycles. The second kappa shape index (κ2) is 6.60. The van der Waals surface area contributed by atoms with Crippen molar-refractivity contribution in [1.29, 1.82) is 0 Å². The fraction of sp³-hybridized carbons (Fsp3) is 0.389. The zero-order chi connectivity index (χ0) is 18.1. The van der Waals surface area contributed by atoms with Gasteiger partial charge in [0.05, 0.1) is 24.2 Å². The maximum atomic E-state index is 12.7. The minimum absolute atomic E-state index is 0.0219. The molecule has 1 saturated heterocycles. The molecule has 0 aliphatic carbocycles. The molecule has 2 aromatic rings. The number of likely N-dealkylation sites (tertiary alicyclic amines) is 1. The van der Waals surface area contributed by atoms with Crippen LogP contribution in [-0.2, 0) is 16.2 Å². The van der Waals surface area contributed by atoms with Crippen molar-refractivity contribution in [2.45, 2.75) is 31.9 Å². The molecule has 2 aromatic heterocycles. The van der Waals surface area contributed by atoms with Gasteiger partial charge in [-0.2, -0.15) is 0 Å². The van der Waals surface area contributed by atoms with Gasteiger partial charge in [-0.15, -0.1) is 11.3 Å². The lowest BCUT2D eigenvalue weighted by molar-refractivity contribution is -0.115. The summed E-state index contributed by atoms with van der Waals surface area (Å²) in [5.41, 5.74) is 0.763. The number of thiophene rings is 1. The highest BCUT2D eigenvalue weighted by Gasteiger charge is 2.48. The molecule has 136 valence electrons. The molecule has 1 N–H and O–H groups in total. The largest absolute Gasteiger partial charge is 0.467 e. The normalized spacial score (nSPS) is 21.7. The van der Waals surface area contributed by atoms with Crippen LogP contribution in [0, 0.1) is 6.92 Å². The number of hydrogen-bond donors (Lipinski definition) is 1. The minimum Gasteiger partial charge on any atom is -0.467 e. The first kappa shape index (κ1) is 16.8. The van der Waals surface area contributed by atoms with E-state index in [-0.39, 0.29) is 11.8 Å². The van der Waals surface area contributed by atoms with E-state index in [9.17, 15) is 9.59 Å². The number of furan rings is 1. The van der Waals surface area contributed by atoms with Crippen LogP contribution < -0.4 is 5.32 Å². The van der Waals surface area contributed by atoms with Gasteiger partial charge >= 0.3 is 0 Å². The number of oxime groups is 1. The molecule has 1 atom stereocenters. The third-order valence-electron chi connectivity index (χ3n) is 4.76. The van der Waals surface area contributed by atoms with Crippen LogP contribution in [0.1, 0.15) is 33.8 Å². The number of carbonyl (C=O) groups excluding carboxylic acids is 2. The van der Waals surface area contributed by atoms with Gasteiger partial charge in [0.1, 0.15) is 11.5 Å².